The first-order valence-electron chi connectivity index (χ1n) is 2.02. The molecule has 1 atom stereocenters. The highest BCUT2D eigenvalue weighted by atomic mass is 79.9. The molecule has 0 amide bonds. The summed E-state index contributed by atoms with van der Waals surface area (Å²) in [6, 6.07) is 0. The summed E-state index contributed by atoms with van der Waals surface area (Å²) in [6.45, 7) is 1.57. The molecule has 1 saturated carbocycles. The molecule has 0 N–H and O–H groups in total. The minimum absolute atomic E-state index is 0.396. The Kier molecular flexibility index (Phi) is 1.06. The van der Waals surface area contributed by atoms with Crippen molar-refractivity contribution in [2.45, 2.75) is 22.2 Å². The lowest BCUT2D eigenvalue weighted by molar-refractivity contribution is 0.339. The predicted octanol–water partition coefficient (Wildman–Crippen LogP) is 2.60. The summed E-state index contributed by atoms with van der Waals surface area (Å²) >= 11 is 6.30. The first-order chi connectivity index (χ1) is 2.96. The van der Waals surface area contributed by atoms with Gasteiger partial charge >= 0.3 is 0 Å². The molecule has 0 radical (unpaired) electrons. The Morgan fingerprint density at radius 3 is 1.71 bits per heavy atom. The van der Waals surface area contributed by atoms with Gasteiger partial charge in [-0.2, -0.15) is 0 Å². The molecule has 1 aliphatic carbocycles. The van der Waals surface area contributed by atoms with Crippen LogP contribution in [0.3, 0.4) is 0 Å². The van der Waals surface area contributed by atoms with Crippen molar-refractivity contribution in [3.63, 3.8) is 0 Å². The van der Waals surface area contributed by atoms with Gasteiger partial charge in [0.15, 0.2) is 0 Å². The van der Waals surface area contributed by atoms with Crippen molar-refractivity contribution < 1.29 is 4.39 Å². The Morgan fingerprint density at radius 2 is 1.71 bits per heavy atom. The molecule has 0 spiro atoms. The van der Waals surface area contributed by atoms with E-state index in [4.69, 9.17) is 0 Å². The first kappa shape index (κ1) is 6.02. The minimum Gasteiger partial charge on any atom is -0.242 e. The van der Waals surface area contributed by atoms with Crippen LogP contribution in [0, 0.1) is 0 Å². The quantitative estimate of drug-likeness (QED) is 0.563. The van der Waals surface area contributed by atoms with Gasteiger partial charge in [0.25, 0.3) is 0 Å². The molecule has 0 aromatic rings. The second-order valence-electron chi connectivity index (χ2n) is 2.08. The van der Waals surface area contributed by atoms with E-state index in [1.165, 1.54) is 0 Å². The number of hydrogen-bond acceptors (Lipinski definition) is 0. The van der Waals surface area contributed by atoms with E-state index in [1.807, 2.05) is 0 Å². The van der Waals surface area contributed by atoms with Crippen LogP contribution < -0.4 is 0 Å². The molecule has 0 bridgehead atoms. The zero-order valence-electron chi connectivity index (χ0n) is 3.84. The smallest absolute Gasteiger partial charge is 0.135 e. The second kappa shape index (κ2) is 1.24. The van der Waals surface area contributed by atoms with E-state index in [0.29, 0.717) is 6.42 Å². The Morgan fingerprint density at radius 1 is 1.57 bits per heavy atom. The lowest BCUT2D eigenvalue weighted by Crippen LogP contribution is -2.00. The van der Waals surface area contributed by atoms with Gasteiger partial charge in [0.05, 0.1) is 0 Å². The second-order valence-corrected chi connectivity index (χ2v) is 5.85. The van der Waals surface area contributed by atoms with Gasteiger partial charge in [-0.1, -0.05) is 31.9 Å². The van der Waals surface area contributed by atoms with Crippen LogP contribution in [0.15, 0.2) is 0 Å². The first-order valence-corrected chi connectivity index (χ1v) is 3.61. The molecule has 0 aromatic carbocycles. The van der Waals surface area contributed by atoms with E-state index in [9.17, 15) is 4.39 Å². The van der Waals surface area contributed by atoms with Crippen molar-refractivity contribution in [3.05, 3.63) is 0 Å². The molecule has 7 heavy (non-hydrogen) atoms. The molecule has 42 valence electrons. The van der Waals surface area contributed by atoms with Crippen molar-refractivity contribution in [2.24, 2.45) is 0 Å². The molecular weight excluding hydrogens is 227 g/mol. The Hall–Kier alpha value is 0.890. The van der Waals surface area contributed by atoms with E-state index >= 15 is 0 Å². The van der Waals surface area contributed by atoms with Gasteiger partial charge in [-0.05, 0) is 6.92 Å². The maximum atomic E-state index is 12.5. The molecule has 0 saturated heterocycles. The predicted molar refractivity (Wildman–Crippen MR) is 34.7 cm³/mol. The van der Waals surface area contributed by atoms with E-state index in [0.717, 1.165) is 0 Å². The summed E-state index contributed by atoms with van der Waals surface area (Å²) in [5, 5.41) is 0. The molecule has 0 aliphatic heterocycles. The summed E-state index contributed by atoms with van der Waals surface area (Å²) in [4.78, 5) is 0. The van der Waals surface area contributed by atoms with Crippen molar-refractivity contribution in [1.82, 2.24) is 0 Å². The summed E-state index contributed by atoms with van der Waals surface area (Å²) in [5.74, 6) is 0. The largest absolute Gasteiger partial charge is 0.242 e. The van der Waals surface area contributed by atoms with Gasteiger partial charge in [-0.3, -0.25) is 0 Å². The standard InChI is InChI=1S/C4H5Br2F/c1-3(7)2-4(3,5)6/h2H2,1H3. The highest BCUT2D eigenvalue weighted by molar-refractivity contribution is 9.25. The monoisotopic (exact) mass is 230 g/mol. The van der Waals surface area contributed by atoms with Crippen LogP contribution in [-0.2, 0) is 0 Å². The zero-order valence-corrected chi connectivity index (χ0v) is 7.01. The Balaban J connectivity index is 2.59. The van der Waals surface area contributed by atoms with Gasteiger partial charge in [0.2, 0.25) is 0 Å². The maximum Gasteiger partial charge on any atom is 0.135 e. The summed E-state index contributed by atoms with van der Waals surface area (Å²) in [7, 11) is 0. The molecule has 1 fully saturated rings. The number of rotatable bonds is 0. The lowest BCUT2D eigenvalue weighted by Gasteiger charge is -1.95. The molecule has 0 heterocycles. The Bertz CT molecular complexity index is 85.9. The number of hydrogen-bond donors (Lipinski definition) is 0. The van der Waals surface area contributed by atoms with Crippen LogP contribution in [0.1, 0.15) is 13.3 Å². The topological polar surface area (TPSA) is 0 Å². The van der Waals surface area contributed by atoms with Crippen LogP contribution in [0.2, 0.25) is 0 Å². The van der Waals surface area contributed by atoms with E-state index in [2.05, 4.69) is 31.9 Å². The van der Waals surface area contributed by atoms with Crippen molar-refractivity contribution in [2.75, 3.05) is 0 Å². The van der Waals surface area contributed by atoms with Gasteiger partial charge in [-0.25, -0.2) is 4.39 Å². The van der Waals surface area contributed by atoms with Crippen LogP contribution in [-0.4, -0.2) is 8.90 Å². The molecule has 0 aromatic heterocycles. The maximum absolute atomic E-state index is 12.5. The van der Waals surface area contributed by atoms with Gasteiger partial charge in [0, 0.05) is 6.42 Å². The van der Waals surface area contributed by atoms with Crippen LogP contribution in [0.5, 0.6) is 0 Å². The highest BCUT2D eigenvalue weighted by Gasteiger charge is 2.63. The van der Waals surface area contributed by atoms with E-state index in [1.54, 1.807) is 6.92 Å². The highest BCUT2D eigenvalue weighted by Crippen LogP contribution is 2.61. The zero-order chi connectivity index (χ0) is 5.71. The average molecular weight is 232 g/mol. The van der Waals surface area contributed by atoms with Crippen LogP contribution in [0.4, 0.5) is 4.39 Å². The third-order valence-corrected chi connectivity index (χ3v) is 3.41. The fraction of sp³-hybridized carbons (Fsp3) is 1.00. The summed E-state index contributed by atoms with van der Waals surface area (Å²) in [5.41, 5.74) is -1.02. The third kappa shape index (κ3) is 0.854. The van der Waals surface area contributed by atoms with E-state index in [-0.39, 0.29) is 0 Å². The fourth-order valence-electron chi connectivity index (χ4n) is 0.373. The van der Waals surface area contributed by atoms with E-state index < -0.39 is 8.90 Å². The van der Waals surface area contributed by atoms with Crippen molar-refractivity contribution in [1.29, 1.82) is 0 Å². The number of alkyl halides is 3. The third-order valence-electron chi connectivity index (χ3n) is 1.19. The molecule has 1 aliphatic rings. The SMILES string of the molecule is CC1(F)CC1(Br)Br. The fourth-order valence-corrected chi connectivity index (χ4v) is 1.43. The van der Waals surface area contributed by atoms with Crippen molar-refractivity contribution >= 4 is 31.9 Å². The lowest BCUT2D eigenvalue weighted by atomic mass is 10.5. The summed E-state index contributed by atoms with van der Waals surface area (Å²) < 4.78 is 12.1. The van der Waals surface area contributed by atoms with Crippen LogP contribution in [0.25, 0.3) is 0 Å². The normalized spacial score (nSPS) is 46.3. The number of halogens is 3. The van der Waals surface area contributed by atoms with Crippen LogP contribution >= 0.6 is 31.9 Å². The van der Waals surface area contributed by atoms with Crippen molar-refractivity contribution in [3.8, 4) is 0 Å². The molecule has 3 heteroatoms. The molecule has 0 nitrogen and oxygen atoms in total. The van der Waals surface area contributed by atoms with Gasteiger partial charge < -0.3 is 0 Å². The van der Waals surface area contributed by atoms with Gasteiger partial charge in [0.1, 0.15) is 8.90 Å². The molecule has 1 unspecified atom stereocenters. The minimum atomic E-state index is -1.02. The molecule has 1 rings (SSSR count). The van der Waals surface area contributed by atoms with Gasteiger partial charge in [-0.15, -0.1) is 0 Å². The Labute approximate surface area is 58.7 Å². The molecular formula is C4H5Br2F. The average Bonchev–Trinajstić information content (AvgIpc) is 1.63. The summed E-state index contributed by atoms with van der Waals surface area (Å²) in [6.07, 6.45) is 0.569.